The fourth-order valence-electron chi connectivity index (χ4n) is 4.37. The van der Waals surface area contributed by atoms with E-state index in [-0.39, 0.29) is 11.4 Å². The highest BCUT2D eigenvalue weighted by atomic mass is 16.6. The van der Waals surface area contributed by atoms with Gasteiger partial charge in [-0.05, 0) is 36.8 Å². The minimum Gasteiger partial charge on any atom is -0.389 e. The van der Waals surface area contributed by atoms with Crippen LogP contribution in [0.1, 0.15) is 18.6 Å². The van der Waals surface area contributed by atoms with Gasteiger partial charge in [0.2, 0.25) is 0 Å². The van der Waals surface area contributed by atoms with Crippen LogP contribution in [0.2, 0.25) is 0 Å². The fraction of sp³-hybridized carbons (Fsp3) is 0.231. The van der Waals surface area contributed by atoms with E-state index in [4.69, 9.17) is 4.74 Å². The maximum atomic E-state index is 13.6. The number of nitro groups is 1. The highest BCUT2D eigenvalue weighted by Gasteiger charge is 2.23. The summed E-state index contributed by atoms with van der Waals surface area (Å²) in [5, 5.41) is 27.7. The number of hydrogen-bond acceptors (Lipinski definition) is 7. The van der Waals surface area contributed by atoms with E-state index >= 15 is 0 Å². The zero-order chi connectivity index (χ0) is 24.5. The Hall–Kier alpha value is -4.08. The summed E-state index contributed by atoms with van der Waals surface area (Å²) in [7, 11) is 0. The van der Waals surface area contributed by atoms with E-state index in [9.17, 15) is 20.0 Å². The summed E-state index contributed by atoms with van der Waals surface area (Å²) >= 11 is 0. The third-order valence-electron chi connectivity index (χ3n) is 6.21. The predicted octanol–water partition coefficient (Wildman–Crippen LogP) is 3.85. The smallest absolute Gasteiger partial charge is 0.295 e. The Labute approximate surface area is 201 Å². The van der Waals surface area contributed by atoms with Crippen LogP contribution in [-0.2, 0) is 4.74 Å². The maximum absolute atomic E-state index is 13.6. The topological polar surface area (TPSA) is 111 Å². The molecule has 0 bridgehead atoms. The van der Waals surface area contributed by atoms with E-state index in [2.05, 4.69) is 10.00 Å². The summed E-state index contributed by atoms with van der Waals surface area (Å²) in [6, 6.07) is 19.1. The molecule has 5 rings (SSSR count). The van der Waals surface area contributed by atoms with Gasteiger partial charge in [0, 0.05) is 35.8 Å². The molecule has 1 aliphatic rings. The van der Waals surface area contributed by atoms with Gasteiger partial charge in [-0.1, -0.05) is 36.4 Å². The lowest BCUT2D eigenvalue weighted by atomic mass is 10.0. The molecule has 1 N–H and O–H groups in total. The second-order valence-electron chi connectivity index (χ2n) is 8.44. The van der Waals surface area contributed by atoms with E-state index in [1.807, 2.05) is 30.3 Å². The minimum atomic E-state index is -0.682. The number of nitrogens with zero attached hydrogens (tertiary/aromatic N) is 4. The molecule has 2 heterocycles. The van der Waals surface area contributed by atoms with Crippen molar-refractivity contribution in [3.63, 3.8) is 0 Å². The van der Waals surface area contributed by atoms with Gasteiger partial charge in [0.1, 0.15) is 5.69 Å². The van der Waals surface area contributed by atoms with Crippen molar-refractivity contribution >= 4 is 22.1 Å². The highest BCUT2D eigenvalue weighted by Crippen LogP contribution is 2.31. The average Bonchev–Trinajstić information content (AvgIpc) is 2.89. The zero-order valence-corrected chi connectivity index (χ0v) is 19.1. The number of morpholine rings is 1. The maximum Gasteiger partial charge on any atom is 0.295 e. The van der Waals surface area contributed by atoms with Crippen molar-refractivity contribution in [2.45, 2.75) is 13.0 Å². The SMILES string of the molecule is CC(O)c1cccc(-c2nn(-c3cc(N4CCOCC4)ccc3[N+](=O)[O-])c(=O)c3ccccc23)c1. The summed E-state index contributed by atoms with van der Waals surface area (Å²) in [4.78, 5) is 27.0. The van der Waals surface area contributed by atoms with Crippen LogP contribution in [0.15, 0.2) is 71.5 Å². The van der Waals surface area contributed by atoms with Crippen LogP contribution in [0.25, 0.3) is 27.7 Å². The number of ether oxygens (including phenoxy) is 1. The number of nitro benzene ring substituents is 1. The molecule has 1 atom stereocenters. The number of anilines is 1. The first-order valence-electron chi connectivity index (χ1n) is 11.4. The van der Waals surface area contributed by atoms with Crippen molar-refractivity contribution in [3.8, 4) is 16.9 Å². The standard InChI is InChI=1S/C26H24N4O5/c1-17(31)18-5-4-6-19(15-18)25-21-7-2-3-8-22(21)26(32)29(27-25)24-16-20(9-10-23(24)30(33)34)28-11-13-35-14-12-28/h2-10,15-17,31H,11-14H2,1H3. The number of aromatic nitrogens is 2. The van der Waals surface area contributed by atoms with Crippen LogP contribution >= 0.6 is 0 Å². The van der Waals surface area contributed by atoms with Crippen LogP contribution in [0.4, 0.5) is 11.4 Å². The van der Waals surface area contributed by atoms with E-state index < -0.39 is 16.6 Å². The molecule has 0 saturated carbocycles. The molecular weight excluding hydrogens is 448 g/mol. The molecule has 1 aromatic heterocycles. The first kappa shape index (κ1) is 22.7. The highest BCUT2D eigenvalue weighted by molar-refractivity contribution is 5.94. The molecule has 9 nitrogen and oxygen atoms in total. The third kappa shape index (κ3) is 4.27. The molecule has 0 aliphatic carbocycles. The summed E-state index contributed by atoms with van der Waals surface area (Å²) in [5.74, 6) is 0. The van der Waals surface area contributed by atoms with Gasteiger partial charge in [0.05, 0.1) is 35.3 Å². The molecule has 35 heavy (non-hydrogen) atoms. The van der Waals surface area contributed by atoms with Crippen molar-refractivity contribution in [3.05, 3.63) is 92.8 Å². The lowest BCUT2D eigenvalue weighted by Gasteiger charge is -2.29. The third-order valence-corrected chi connectivity index (χ3v) is 6.21. The Kier molecular flexibility index (Phi) is 6.02. The van der Waals surface area contributed by atoms with Crippen LogP contribution in [0.3, 0.4) is 0 Å². The lowest BCUT2D eigenvalue weighted by molar-refractivity contribution is -0.384. The summed E-state index contributed by atoms with van der Waals surface area (Å²) in [6.07, 6.45) is -0.682. The van der Waals surface area contributed by atoms with Gasteiger partial charge in [0.15, 0.2) is 0 Å². The van der Waals surface area contributed by atoms with Gasteiger partial charge in [-0.3, -0.25) is 14.9 Å². The molecule has 1 aliphatic heterocycles. The fourth-order valence-corrected chi connectivity index (χ4v) is 4.37. The van der Waals surface area contributed by atoms with Gasteiger partial charge in [-0.2, -0.15) is 9.78 Å². The molecule has 1 fully saturated rings. The zero-order valence-electron chi connectivity index (χ0n) is 19.1. The second kappa shape index (κ2) is 9.28. The molecule has 0 spiro atoms. The number of hydrogen-bond donors (Lipinski definition) is 1. The largest absolute Gasteiger partial charge is 0.389 e. The second-order valence-corrected chi connectivity index (χ2v) is 8.44. The van der Waals surface area contributed by atoms with E-state index in [0.29, 0.717) is 53.9 Å². The van der Waals surface area contributed by atoms with E-state index in [1.165, 1.54) is 6.07 Å². The Morgan fingerprint density at radius 1 is 1.03 bits per heavy atom. The summed E-state index contributed by atoms with van der Waals surface area (Å²) < 4.78 is 6.54. The number of fused-ring (bicyclic) bond motifs is 1. The van der Waals surface area contributed by atoms with Crippen molar-refractivity contribution in [1.82, 2.24) is 9.78 Å². The van der Waals surface area contributed by atoms with Crippen molar-refractivity contribution in [1.29, 1.82) is 0 Å². The Morgan fingerprint density at radius 2 is 1.77 bits per heavy atom. The van der Waals surface area contributed by atoms with Crippen LogP contribution in [0, 0.1) is 10.1 Å². The monoisotopic (exact) mass is 472 g/mol. The van der Waals surface area contributed by atoms with E-state index in [0.717, 1.165) is 10.4 Å². The Balaban J connectivity index is 1.77. The first-order valence-corrected chi connectivity index (χ1v) is 11.4. The molecule has 0 amide bonds. The van der Waals surface area contributed by atoms with Crippen molar-refractivity contribution in [2.24, 2.45) is 0 Å². The van der Waals surface area contributed by atoms with Crippen LogP contribution in [0.5, 0.6) is 0 Å². The normalized spacial score (nSPS) is 14.7. The number of benzene rings is 3. The van der Waals surface area contributed by atoms with Gasteiger partial charge in [-0.15, -0.1) is 0 Å². The molecule has 0 radical (unpaired) electrons. The number of aliphatic hydroxyl groups excluding tert-OH is 1. The van der Waals surface area contributed by atoms with E-state index in [1.54, 1.807) is 37.3 Å². The number of aliphatic hydroxyl groups is 1. The quantitative estimate of drug-likeness (QED) is 0.347. The molecule has 3 aromatic carbocycles. The van der Waals surface area contributed by atoms with Crippen molar-refractivity contribution < 1.29 is 14.8 Å². The summed E-state index contributed by atoms with van der Waals surface area (Å²) in [5.41, 5.74) is 2.09. The lowest BCUT2D eigenvalue weighted by Crippen LogP contribution is -2.36. The molecular formula is C26H24N4O5. The minimum absolute atomic E-state index is 0.0997. The van der Waals surface area contributed by atoms with Gasteiger partial charge in [0.25, 0.3) is 11.2 Å². The number of rotatable bonds is 5. The molecule has 178 valence electrons. The predicted molar refractivity (Wildman–Crippen MR) is 133 cm³/mol. The van der Waals surface area contributed by atoms with Crippen molar-refractivity contribution in [2.75, 3.05) is 31.2 Å². The Morgan fingerprint density at radius 3 is 2.49 bits per heavy atom. The van der Waals surface area contributed by atoms with Gasteiger partial charge in [-0.25, -0.2) is 0 Å². The average molecular weight is 473 g/mol. The molecule has 9 heteroatoms. The molecule has 1 saturated heterocycles. The first-order chi connectivity index (χ1) is 16.9. The Bertz CT molecular complexity index is 1470. The summed E-state index contributed by atoms with van der Waals surface area (Å²) in [6.45, 7) is 4.09. The van der Waals surface area contributed by atoms with Gasteiger partial charge < -0.3 is 14.7 Å². The van der Waals surface area contributed by atoms with Gasteiger partial charge >= 0.3 is 0 Å². The van der Waals surface area contributed by atoms with Crippen LogP contribution < -0.4 is 10.5 Å². The van der Waals surface area contributed by atoms with Crippen LogP contribution in [-0.4, -0.2) is 46.1 Å². The molecule has 1 unspecified atom stereocenters. The molecule has 4 aromatic rings.